The van der Waals surface area contributed by atoms with Crippen molar-refractivity contribution < 1.29 is 18.7 Å². The molecule has 1 aromatic carbocycles. The van der Waals surface area contributed by atoms with E-state index in [1.54, 1.807) is 11.0 Å². The standard InChI is InChI=1S/C17H25F2N3O2/c1-12-15(21(3)10-11-23)8-9-22(12)16(24)20-14-7-5-4-6-13(14)17(2,18)19/h4-7,12,15,23H,8-11H2,1-3H3,(H,20,24)/t12-,15-/m1/s1. The van der Waals surface area contributed by atoms with Crippen molar-refractivity contribution in [2.24, 2.45) is 0 Å². The summed E-state index contributed by atoms with van der Waals surface area (Å²) in [6.45, 7) is 3.90. The number of aliphatic hydroxyl groups is 1. The van der Waals surface area contributed by atoms with Crippen molar-refractivity contribution in [3.8, 4) is 0 Å². The highest BCUT2D eigenvalue weighted by Crippen LogP contribution is 2.33. The Morgan fingerprint density at radius 1 is 1.46 bits per heavy atom. The van der Waals surface area contributed by atoms with Crippen LogP contribution in [0.1, 0.15) is 25.8 Å². The monoisotopic (exact) mass is 341 g/mol. The Morgan fingerprint density at radius 2 is 2.12 bits per heavy atom. The molecule has 134 valence electrons. The number of likely N-dealkylation sites (tertiary alicyclic amines) is 1. The fourth-order valence-electron chi connectivity index (χ4n) is 3.28. The van der Waals surface area contributed by atoms with Gasteiger partial charge in [-0.25, -0.2) is 13.6 Å². The molecular formula is C17H25F2N3O2. The van der Waals surface area contributed by atoms with Crippen LogP contribution in [0, 0.1) is 0 Å². The number of rotatable bonds is 5. The molecule has 0 aliphatic carbocycles. The number of anilines is 1. The van der Waals surface area contributed by atoms with E-state index in [9.17, 15) is 13.6 Å². The number of nitrogens with zero attached hydrogens (tertiary/aromatic N) is 2. The molecule has 1 heterocycles. The molecule has 2 rings (SSSR count). The summed E-state index contributed by atoms with van der Waals surface area (Å²) in [5, 5.41) is 11.7. The van der Waals surface area contributed by atoms with Crippen molar-refractivity contribution in [1.82, 2.24) is 9.80 Å². The predicted octanol–water partition coefficient (Wildman–Crippen LogP) is 2.72. The fourth-order valence-corrected chi connectivity index (χ4v) is 3.28. The fraction of sp³-hybridized carbons (Fsp3) is 0.588. The van der Waals surface area contributed by atoms with E-state index >= 15 is 0 Å². The number of likely N-dealkylation sites (N-methyl/N-ethyl adjacent to an activating group) is 1. The van der Waals surface area contributed by atoms with E-state index in [0.717, 1.165) is 13.3 Å². The third-order valence-electron chi connectivity index (χ3n) is 4.64. The summed E-state index contributed by atoms with van der Waals surface area (Å²) in [5.41, 5.74) is -0.0616. The molecule has 2 amide bonds. The van der Waals surface area contributed by atoms with E-state index < -0.39 is 5.92 Å². The van der Waals surface area contributed by atoms with E-state index in [1.807, 2.05) is 18.9 Å². The first kappa shape index (κ1) is 18.6. The number of urea groups is 1. The number of hydrogen-bond acceptors (Lipinski definition) is 3. The SMILES string of the molecule is C[C@@H]1[C@H](N(C)CCO)CCN1C(=O)Nc1ccccc1C(C)(F)F. The third kappa shape index (κ3) is 4.02. The molecule has 1 saturated heterocycles. The summed E-state index contributed by atoms with van der Waals surface area (Å²) in [6, 6.07) is 5.67. The van der Waals surface area contributed by atoms with Crippen LogP contribution in [0.25, 0.3) is 0 Å². The molecule has 1 fully saturated rings. The van der Waals surface area contributed by atoms with Crippen LogP contribution in [0.15, 0.2) is 24.3 Å². The van der Waals surface area contributed by atoms with Crippen LogP contribution in [0.5, 0.6) is 0 Å². The van der Waals surface area contributed by atoms with Gasteiger partial charge in [-0.05, 0) is 26.5 Å². The second-order valence-electron chi connectivity index (χ2n) is 6.36. The highest BCUT2D eigenvalue weighted by atomic mass is 19.3. The van der Waals surface area contributed by atoms with Crippen LogP contribution in [0.4, 0.5) is 19.3 Å². The minimum Gasteiger partial charge on any atom is -0.395 e. The average molecular weight is 341 g/mol. The van der Waals surface area contributed by atoms with Gasteiger partial charge in [-0.2, -0.15) is 0 Å². The van der Waals surface area contributed by atoms with Crippen LogP contribution in [-0.2, 0) is 5.92 Å². The molecule has 0 spiro atoms. The lowest BCUT2D eigenvalue weighted by molar-refractivity contribution is 0.0182. The first-order valence-corrected chi connectivity index (χ1v) is 8.11. The van der Waals surface area contributed by atoms with Crippen molar-refractivity contribution >= 4 is 11.7 Å². The zero-order chi connectivity index (χ0) is 17.9. The van der Waals surface area contributed by atoms with Gasteiger partial charge < -0.3 is 15.3 Å². The zero-order valence-electron chi connectivity index (χ0n) is 14.3. The van der Waals surface area contributed by atoms with Gasteiger partial charge in [0.15, 0.2) is 0 Å². The maximum absolute atomic E-state index is 13.7. The van der Waals surface area contributed by atoms with Gasteiger partial charge in [-0.3, -0.25) is 4.90 Å². The molecule has 2 N–H and O–H groups in total. The number of nitrogens with one attached hydrogen (secondary N) is 1. The normalized spacial score (nSPS) is 21.4. The average Bonchev–Trinajstić information content (AvgIpc) is 2.89. The first-order chi connectivity index (χ1) is 11.3. The lowest BCUT2D eigenvalue weighted by Crippen LogP contribution is -2.45. The van der Waals surface area contributed by atoms with E-state index in [0.29, 0.717) is 13.1 Å². The van der Waals surface area contributed by atoms with Gasteiger partial charge >= 0.3 is 6.03 Å². The van der Waals surface area contributed by atoms with Crippen molar-refractivity contribution in [1.29, 1.82) is 0 Å². The zero-order valence-corrected chi connectivity index (χ0v) is 14.3. The largest absolute Gasteiger partial charge is 0.395 e. The molecule has 0 radical (unpaired) electrons. The molecule has 1 aliphatic rings. The number of carbonyl (C=O) groups is 1. The number of carbonyl (C=O) groups excluding carboxylic acids is 1. The number of aliphatic hydroxyl groups excluding tert-OH is 1. The summed E-state index contributed by atoms with van der Waals surface area (Å²) < 4.78 is 27.4. The van der Waals surface area contributed by atoms with Gasteiger partial charge in [-0.1, -0.05) is 18.2 Å². The number of alkyl halides is 2. The van der Waals surface area contributed by atoms with Crippen molar-refractivity contribution in [3.63, 3.8) is 0 Å². The molecule has 0 aromatic heterocycles. The van der Waals surface area contributed by atoms with Gasteiger partial charge in [0, 0.05) is 37.7 Å². The lowest BCUT2D eigenvalue weighted by atomic mass is 10.1. The second-order valence-corrected chi connectivity index (χ2v) is 6.36. The molecule has 7 heteroatoms. The molecule has 0 unspecified atom stereocenters. The van der Waals surface area contributed by atoms with Gasteiger partial charge in [0.05, 0.1) is 12.3 Å². The smallest absolute Gasteiger partial charge is 0.322 e. The van der Waals surface area contributed by atoms with E-state index in [4.69, 9.17) is 5.11 Å². The maximum Gasteiger partial charge on any atom is 0.322 e. The Kier molecular flexibility index (Phi) is 5.77. The highest BCUT2D eigenvalue weighted by Gasteiger charge is 2.36. The number of para-hydroxylation sites is 1. The summed E-state index contributed by atoms with van der Waals surface area (Å²) in [6.07, 6.45) is 0.788. The van der Waals surface area contributed by atoms with Crippen LogP contribution in [-0.4, -0.2) is 59.8 Å². The van der Waals surface area contributed by atoms with E-state index in [2.05, 4.69) is 5.32 Å². The minimum atomic E-state index is -3.02. The van der Waals surface area contributed by atoms with Crippen molar-refractivity contribution in [2.45, 2.75) is 38.3 Å². The topological polar surface area (TPSA) is 55.8 Å². The summed E-state index contributed by atoms with van der Waals surface area (Å²) in [4.78, 5) is 16.2. The second kappa shape index (κ2) is 7.44. The number of amides is 2. The molecule has 1 aliphatic heterocycles. The molecule has 2 atom stereocenters. The Labute approximate surface area is 141 Å². The van der Waals surface area contributed by atoms with Crippen LogP contribution in [0.2, 0.25) is 0 Å². The van der Waals surface area contributed by atoms with Crippen LogP contribution >= 0.6 is 0 Å². The third-order valence-corrected chi connectivity index (χ3v) is 4.64. The van der Waals surface area contributed by atoms with Crippen molar-refractivity contribution in [3.05, 3.63) is 29.8 Å². The summed E-state index contributed by atoms with van der Waals surface area (Å²) in [7, 11) is 1.91. The number of hydrogen-bond donors (Lipinski definition) is 2. The Morgan fingerprint density at radius 3 is 2.75 bits per heavy atom. The molecule has 0 bridgehead atoms. The first-order valence-electron chi connectivity index (χ1n) is 8.11. The molecule has 0 saturated carbocycles. The minimum absolute atomic E-state index is 0.0594. The quantitative estimate of drug-likeness (QED) is 0.866. The molecular weight excluding hydrogens is 316 g/mol. The van der Waals surface area contributed by atoms with Crippen molar-refractivity contribution in [2.75, 3.05) is 32.1 Å². The Hall–Kier alpha value is -1.73. The van der Waals surface area contributed by atoms with Crippen LogP contribution < -0.4 is 5.32 Å². The summed E-state index contributed by atoms with van der Waals surface area (Å²) in [5.74, 6) is -3.02. The maximum atomic E-state index is 13.7. The molecule has 5 nitrogen and oxygen atoms in total. The van der Waals surface area contributed by atoms with Crippen LogP contribution in [0.3, 0.4) is 0 Å². The summed E-state index contributed by atoms with van der Waals surface area (Å²) >= 11 is 0. The van der Waals surface area contributed by atoms with E-state index in [1.165, 1.54) is 18.2 Å². The Balaban J connectivity index is 2.09. The molecule has 24 heavy (non-hydrogen) atoms. The van der Waals surface area contributed by atoms with Gasteiger partial charge in [-0.15, -0.1) is 0 Å². The Bertz CT molecular complexity index is 577. The van der Waals surface area contributed by atoms with Gasteiger partial charge in [0.1, 0.15) is 0 Å². The molecule has 1 aromatic rings. The van der Waals surface area contributed by atoms with Gasteiger partial charge in [0.2, 0.25) is 0 Å². The predicted molar refractivity (Wildman–Crippen MR) is 89.3 cm³/mol. The number of benzene rings is 1. The van der Waals surface area contributed by atoms with E-state index in [-0.39, 0.29) is 36.0 Å². The van der Waals surface area contributed by atoms with Gasteiger partial charge in [0.25, 0.3) is 5.92 Å². The number of halogens is 2. The lowest BCUT2D eigenvalue weighted by Gasteiger charge is -2.30. The highest BCUT2D eigenvalue weighted by molar-refractivity contribution is 5.90.